The fourth-order valence-electron chi connectivity index (χ4n) is 3.07. The average Bonchev–Trinajstić information content (AvgIpc) is 3.30. The Morgan fingerprint density at radius 2 is 1.95 bits per heavy atom. The van der Waals surface area contributed by atoms with Crippen molar-refractivity contribution in [2.24, 2.45) is 5.92 Å². The lowest BCUT2D eigenvalue weighted by atomic mass is 9.93. The van der Waals surface area contributed by atoms with Crippen molar-refractivity contribution < 1.29 is 9.47 Å². The molecule has 1 N–H and O–H groups in total. The average molecular weight is 291 g/mol. The van der Waals surface area contributed by atoms with Crippen LogP contribution in [0.5, 0.6) is 5.75 Å². The summed E-state index contributed by atoms with van der Waals surface area (Å²) >= 11 is 0. The molecule has 0 aliphatic heterocycles. The molecule has 0 aromatic heterocycles. The molecule has 0 bridgehead atoms. The van der Waals surface area contributed by atoms with Crippen LogP contribution in [-0.2, 0) is 4.74 Å². The van der Waals surface area contributed by atoms with Crippen LogP contribution in [0.15, 0.2) is 12.1 Å². The third-order valence-electron chi connectivity index (χ3n) is 4.44. The second-order valence-corrected chi connectivity index (χ2v) is 5.92. The number of hydrogen-bond donors (Lipinski definition) is 1. The number of methoxy groups -OCH3 is 1. The third-order valence-corrected chi connectivity index (χ3v) is 4.44. The van der Waals surface area contributed by atoms with Crippen molar-refractivity contribution in [3.05, 3.63) is 28.8 Å². The van der Waals surface area contributed by atoms with Crippen LogP contribution in [0.3, 0.4) is 0 Å². The van der Waals surface area contributed by atoms with Gasteiger partial charge in [0.15, 0.2) is 0 Å². The second-order valence-electron chi connectivity index (χ2n) is 5.92. The van der Waals surface area contributed by atoms with Gasteiger partial charge in [0.1, 0.15) is 5.75 Å². The summed E-state index contributed by atoms with van der Waals surface area (Å²) in [5.74, 6) is 1.69. The first-order chi connectivity index (χ1) is 10.1. The zero-order valence-corrected chi connectivity index (χ0v) is 14.0. The minimum absolute atomic E-state index is 0.205. The van der Waals surface area contributed by atoms with Crippen LogP contribution in [-0.4, -0.2) is 26.4 Å². The molecule has 0 radical (unpaired) electrons. The molecule has 2 atom stereocenters. The van der Waals surface area contributed by atoms with Gasteiger partial charge in [-0.3, -0.25) is 0 Å². The summed E-state index contributed by atoms with van der Waals surface area (Å²) in [6.07, 6.45) is 2.80. The van der Waals surface area contributed by atoms with E-state index in [1.54, 1.807) is 7.11 Å². The molecule has 21 heavy (non-hydrogen) atoms. The Morgan fingerprint density at radius 1 is 1.24 bits per heavy atom. The lowest BCUT2D eigenvalue weighted by Crippen LogP contribution is -2.35. The van der Waals surface area contributed by atoms with Crippen molar-refractivity contribution in [3.63, 3.8) is 0 Å². The molecule has 3 heteroatoms. The van der Waals surface area contributed by atoms with Crippen LogP contribution in [0.2, 0.25) is 0 Å². The summed E-state index contributed by atoms with van der Waals surface area (Å²) in [4.78, 5) is 0. The van der Waals surface area contributed by atoms with Crippen molar-refractivity contribution in [2.45, 2.75) is 52.7 Å². The van der Waals surface area contributed by atoms with E-state index < -0.39 is 0 Å². The van der Waals surface area contributed by atoms with E-state index in [1.807, 2.05) is 0 Å². The Labute approximate surface area is 129 Å². The van der Waals surface area contributed by atoms with Gasteiger partial charge in [-0.1, -0.05) is 19.1 Å². The van der Waals surface area contributed by atoms with Crippen LogP contribution in [0.1, 0.15) is 49.4 Å². The van der Waals surface area contributed by atoms with Crippen LogP contribution in [0, 0.1) is 19.8 Å². The van der Waals surface area contributed by atoms with Gasteiger partial charge in [0, 0.05) is 12.2 Å². The molecular weight excluding hydrogens is 262 g/mol. The van der Waals surface area contributed by atoms with E-state index in [4.69, 9.17) is 9.47 Å². The molecule has 3 nitrogen and oxygen atoms in total. The summed E-state index contributed by atoms with van der Waals surface area (Å²) < 4.78 is 11.8. The Bertz CT molecular complexity index is 469. The maximum absolute atomic E-state index is 6.09. The minimum Gasteiger partial charge on any atom is -0.496 e. The predicted molar refractivity (Wildman–Crippen MR) is 87.0 cm³/mol. The van der Waals surface area contributed by atoms with Crippen molar-refractivity contribution in [1.29, 1.82) is 0 Å². The molecule has 0 spiro atoms. The van der Waals surface area contributed by atoms with Crippen molar-refractivity contribution in [1.82, 2.24) is 5.32 Å². The van der Waals surface area contributed by atoms with E-state index >= 15 is 0 Å². The number of benzene rings is 1. The van der Waals surface area contributed by atoms with E-state index in [0.29, 0.717) is 5.92 Å². The fourth-order valence-corrected chi connectivity index (χ4v) is 3.07. The first-order valence-electron chi connectivity index (χ1n) is 8.13. The van der Waals surface area contributed by atoms with E-state index in [-0.39, 0.29) is 12.1 Å². The van der Waals surface area contributed by atoms with Crippen LogP contribution < -0.4 is 10.1 Å². The first-order valence-corrected chi connectivity index (χ1v) is 8.13. The number of likely N-dealkylation sites (N-methyl/N-ethyl adjacent to an activating group) is 1. The first kappa shape index (κ1) is 16.3. The van der Waals surface area contributed by atoms with Gasteiger partial charge < -0.3 is 14.8 Å². The number of rotatable bonds is 8. The highest BCUT2D eigenvalue weighted by atomic mass is 16.5. The van der Waals surface area contributed by atoms with Gasteiger partial charge in [-0.2, -0.15) is 0 Å². The highest BCUT2D eigenvalue weighted by Gasteiger charge is 2.38. The standard InChI is InChI=1S/C18H29NO2/c1-6-19-16(18(21-7-2)14-9-10-14)15-11-8-12(3)13(4)17(15)20-5/h8,11,14,16,18-19H,6-7,9-10H2,1-5H3. The summed E-state index contributed by atoms with van der Waals surface area (Å²) in [6.45, 7) is 10.2. The molecule has 118 valence electrons. The molecule has 1 aliphatic carbocycles. The Hall–Kier alpha value is -1.06. The molecule has 2 rings (SSSR count). The Kier molecular flexibility index (Phi) is 5.65. The maximum Gasteiger partial charge on any atom is 0.126 e. The number of hydrogen-bond acceptors (Lipinski definition) is 3. The number of aryl methyl sites for hydroxylation is 1. The predicted octanol–water partition coefficient (Wildman–Crippen LogP) is 3.78. The molecule has 0 heterocycles. The summed E-state index contributed by atoms with van der Waals surface area (Å²) in [5, 5.41) is 3.62. The number of nitrogens with one attached hydrogen (secondary N) is 1. The lowest BCUT2D eigenvalue weighted by molar-refractivity contribution is 0.0184. The minimum atomic E-state index is 0.205. The van der Waals surface area contributed by atoms with Gasteiger partial charge in [0.05, 0.1) is 19.3 Å². The maximum atomic E-state index is 6.09. The summed E-state index contributed by atoms with van der Waals surface area (Å²) in [5.41, 5.74) is 3.72. The van der Waals surface area contributed by atoms with Gasteiger partial charge in [0.25, 0.3) is 0 Å². The lowest BCUT2D eigenvalue weighted by Gasteiger charge is -2.30. The monoisotopic (exact) mass is 291 g/mol. The quantitative estimate of drug-likeness (QED) is 0.790. The van der Waals surface area contributed by atoms with E-state index in [0.717, 1.165) is 18.9 Å². The molecule has 0 saturated heterocycles. The van der Waals surface area contributed by atoms with Gasteiger partial charge in [-0.25, -0.2) is 0 Å². The smallest absolute Gasteiger partial charge is 0.126 e. The molecule has 1 saturated carbocycles. The molecule has 1 aliphatic rings. The topological polar surface area (TPSA) is 30.5 Å². The molecular formula is C18H29NO2. The van der Waals surface area contributed by atoms with Gasteiger partial charge >= 0.3 is 0 Å². The molecule has 1 fully saturated rings. The normalized spacial score (nSPS) is 17.6. The highest BCUT2D eigenvalue weighted by molar-refractivity contribution is 5.47. The molecule has 0 amide bonds. The van der Waals surface area contributed by atoms with Crippen LogP contribution in [0.25, 0.3) is 0 Å². The van der Waals surface area contributed by atoms with Crippen LogP contribution >= 0.6 is 0 Å². The Morgan fingerprint density at radius 3 is 2.48 bits per heavy atom. The van der Waals surface area contributed by atoms with Gasteiger partial charge in [0.2, 0.25) is 0 Å². The molecule has 1 aromatic rings. The van der Waals surface area contributed by atoms with Gasteiger partial charge in [-0.05, 0) is 57.2 Å². The van der Waals surface area contributed by atoms with Gasteiger partial charge in [-0.15, -0.1) is 0 Å². The zero-order chi connectivity index (χ0) is 15.4. The number of ether oxygens (including phenoxy) is 2. The second kappa shape index (κ2) is 7.28. The van der Waals surface area contributed by atoms with Crippen LogP contribution in [0.4, 0.5) is 0 Å². The van der Waals surface area contributed by atoms with Crippen molar-refractivity contribution >= 4 is 0 Å². The van der Waals surface area contributed by atoms with E-state index in [1.165, 1.54) is 29.5 Å². The largest absolute Gasteiger partial charge is 0.496 e. The summed E-state index contributed by atoms with van der Waals surface area (Å²) in [6, 6.07) is 4.59. The summed E-state index contributed by atoms with van der Waals surface area (Å²) in [7, 11) is 1.76. The molecule has 2 unspecified atom stereocenters. The van der Waals surface area contributed by atoms with Crippen molar-refractivity contribution in [3.8, 4) is 5.75 Å². The molecule has 1 aromatic carbocycles. The Balaban J connectivity index is 2.39. The van der Waals surface area contributed by atoms with E-state index in [2.05, 4.69) is 45.1 Å². The van der Waals surface area contributed by atoms with E-state index in [9.17, 15) is 0 Å². The zero-order valence-electron chi connectivity index (χ0n) is 14.0. The third kappa shape index (κ3) is 3.58. The van der Waals surface area contributed by atoms with Crippen molar-refractivity contribution in [2.75, 3.05) is 20.3 Å². The highest BCUT2D eigenvalue weighted by Crippen LogP contribution is 2.42. The SMILES string of the molecule is CCNC(c1ccc(C)c(C)c1OC)C(OCC)C1CC1. The fraction of sp³-hybridized carbons (Fsp3) is 0.667.